The van der Waals surface area contributed by atoms with Crippen molar-refractivity contribution in [1.82, 2.24) is 19.9 Å². The van der Waals surface area contributed by atoms with E-state index in [0.29, 0.717) is 37.1 Å². The first-order chi connectivity index (χ1) is 13.6. The Kier molecular flexibility index (Phi) is 5.25. The van der Waals surface area contributed by atoms with Gasteiger partial charge in [0.1, 0.15) is 5.76 Å². The molecule has 0 atom stereocenters. The molecule has 7 nitrogen and oxygen atoms in total. The fourth-order valence-corrected chi connectivity index (χ4v) is 3.28. The molecule has 3 aromatic rings. The maximum absolute atomic E-state index is 12.6. The van der Waals surface area contributed by atoms with Crippen molar-refractivity contribution >= 4 is 5.91 Å². The van der Waals surface area contributed by atoms with Crippen LogP contribution in [0, 0.1) is 6.92 Å². The molecule has 1 fully saturated rings. The van der Waals surface area contributed by atoms with Gasteiger partial charge in [0.15, 0.2) is 5.76 Å². The molecular formula is C21H24N4O3. The van der Waals surface area contributed by atoms with Crippen molar-refractivity contribution < 1.29 is 13.7 Å². The zero-order chi connectivity index (χ0) is 19.5. The van der Waals surface area contributed by atoms with Crippen LogP contribution in [0.3, 0.4) is 0 Å². The van der Waals surface area contributed by atoms with Crippen LogP contribution in [0.5, 0.6) is 0 Å². The third-order valence-electron chi connectivity index (χ3n) is 5.02. The number of amides is 1. The van der Waals surface area contributed by atoms with Gasteiger partial charge in [-0.1, -0.05) is 41.9 Å². The highest BCUT2D eigenvalue weighted by molar-refractivity contribution is 5.91. The van der Waals surface area contributed by atoms with E-state index in [0.717, 1.165) is 30.8 Å². The van der Waals surface area contributed by atoms with Crippen molar-refractivity contribution in [2.24, 2.45) is 0 Å². The normalized spacial score (nSPS) is 15.1. The molecule has 3 heterocycles. The lowest BCUT2D eigenvalue weighted by atomic mass is 10.1. The summed E-state index contributed by atoms with van der Waals surface area (Å²) >= 11 is 0. The molecule has 1 saturated heterocycles. The van der Waals surface area contributed by atoms with Crippen LogP contribution in [0.1, 0.15) is 34.7 Å². The number of aryl methyl sites for hydroxylation is 2. The number of aromatic nitrogens is 2. The Morgan fingerprint density at radius 3 is 2.50 bits per heavy atom. The van der Waals surface area contributed by atoms with Gasteiger partial charge >= 0.3 is 0 Å². The van der Waals surface area contributed by atoms with Crippen molar-refractivity contribution in [3.63, 3.8) is 0 Å². The van der Waals surface area contributed by atoms with Crippen molar-refractivity contribution in [3.05, 3.63) is 59.4 Å². The maximum atomic E-state index is 12.6. The van der Waals surface area contributed by atoms with E-state index in [2.05, 4.69) is 15.0 Å². The third kappa shape index (κ3) is 3.99. The van der Waals surface area contributed by atoms with Crippen LogP contribution in [0.15, 0.2) is 45.3 Å². The summed E-state index contributed by atoms with van der Waals surface area (Å²) in [7, 11) is 0. The standard InChI is InChI=1S/C21H24N4O3/c1-3-17-8-9-18(27-17)21(26)25-12-10-24(11-13-25)14-19-22-20(23-28-19)16-6-4-15(2)5-7-16/h4-9H,3,10-14H2,1-2H3. The molecule has 1 amide bonds. The number of rotatable bonds is 5. The molecule has 28 heavy (non-hydrogen) atoms. The molecule has 1 aliphatic heterocycles. The lowest BCUT2D eigenvalue weighted by Gasteiger charge is -2.33. The first-order valence-corrected chi connectivity index (χ1v) is 9.62. The largest absolute Gasteiger partial charge is 0.456 e. The molecule has 0 unspecified atom stereocenters. The van der Waals surface area contributed by atoms with Crippen molar-refractivity contribution in [2.45, 2.75) is 26.8 Å². The summed E-state index contributed by atoms with van der Waals surface area (Å²) in [5, 5.41) is 4.09. The van der Waals surface area contributed by atoms with Crippen molar-refractivity contribution in [1.29, 1.82) is 0 Å². The highest BCUT2D eigenvalue weighted by atomic mass is 16.5. The van der Waals surface area contributed by atoms with E-state index < -0.39 is 0 Å². The lowest BCUT2D eigenvalue weighted by Crippen LogP contribution is -2.48. The molecule has 0 saturated carbocycles. The van der Waals surface area contributed by atoms with Crippen LogP contribution in [0.4, 0.5) is 0 Å². The van der Waals surface area contributed by atoms with E-state index in [1.54, 1.807) is 6.07 Å². The van der Waals surface area contributed by atoms with E-state index in [9.17, 15) is 4.79 Å². The molecular weight excluding hydrogens is 356 g/mol. The number of piperazine rings is 1. The Morgan fingerprint density at radius 2 is 1.82 bits per heavy atom. The lowest BCUT2D eigenvalue weighted by molar-refractivity contribution is 0.0583. The zero-order valence-corrected chi connectivity index (χ0v) is 16.2. The molecule has 0 spiro atoms. The van der Waals surface area contributed by atoms with E-state index >= 15 is 0 Å². The fraction of sp³-hybridized carbons (Fsp3) is 0.381. The van der Waals surface area contributed by atoms with E-state index in [4.69, 9.17) is 8.94 Å². The van der Waals surface area contributed by atoms with Gasteiger partial charge in [0.05, 0.1) is 6.54 Å². The van der Waals surface area contributed by atoms with Crippen molar-refractivity contribution in [2.75, 3.05) is 26.2 Å². The third-order valence-corrected chi connectivity index (χ3v) is 5.02. The Hall–Kier alpha value is -2.93. The van der Waals surface area contributed by atoms with Crippen LogP contribution < -0.4 is 0 Å². The smallest absolute Gasteiger partial charge is 0.289 e. The van der Waals surface area contributed by atoms with Crippen LogP contribution in [-0.2, 0) is 13.0 Å². The van der Waals surface area contributed by atoms with Gasteiger partial charge < -0.3 is 13.8 Å². The SMILES string of the molecule is CCc1ccc(C(=O)N2CCN(Cc3nc(-c4ccc(C)cc4)no3)CC2)o1. The Morgan fingerprint density at radius 1 is 1.07 bits per heavy atom. The Labute approximate surface area is 163 Å². The predicted molar refractivity (Wildman–Crippen MR) is 104 cm³/mol. The van der Waals surface area contributed by atoms with Gasteiger partial charge in [-0.3, -0.25) is 9.69 Å². The number of nitrogens with zero attached hydrogens (tertiary/aromatic N) is 4. The molecule has 146 valence electrons. The number of benzene rings is 1. The van der Waals surface area contributed by atoms with Crippen LogP contribution in [0.25, 0.3) is 11.4 Å². The molecule has 0 aliphatic carbocycles. The minimum absolute atomic E-state index is 0.0428. The summed E-state index contributed by atoms with van der Waals surface area (Å²) in [5.74, 6) is 2.41. The van der Waals surface area contributed by atoms with Gasteiger partial charge in [-0.2, -0.15) is 4.98 Å². The molecule has 0 radical (unpaired) electrons. The zero-order valence-electron chi connectivity index (χ0n) is 16.2. The quantitative estimate of drug-likeness (QED) is 0.677. The summed E-state index contributed by atoms with van der Waals surface area (Å²) < 4.78 is 11.0. The average molecular weight is 380 g/mol. The second kappa shape index (κ2) is 7.98. The van der Waals surface area contributed by atoms with Crippen LogP contribution >= 0.6 is 0 Å². The summed E-state index contributed by atoms with van der Waals surface area (Å²) in [6, 6.07) is 11.7. The van der Waals surface area contributed by atoms with Gasteiger partial charge in [0.25, 0.3) is 5.91 Å². The van der Waals surface area contributed by atoms with Gasteiger partial charge in [-0.15, -0.1) is 0 Å². The van der Waals surface area contributed by atoms with Gasteiger partial charge in [-0.05, 0) is 19.1 Å². The molecule has 1 aliphatic rings. The summed E-state index contributed by atoms with van der Waals surface area (Å²) in [6.07, 6.45) is 0.788. The number of carbonyl (C=O) groups is 1. The van der Waals surface area contributed by atoms with Gasteiger partial charge in [-0.25, -0.2) is 0 Å². The van der Waals surface area contributed by atoms with Gasteiger partial charge in [0.2, 0.25) is 11.7 Å². The number of furan rings is 1. The van der Waals surface area contributed by atoms with Crippen molar-refractivity contribution in [3.8, 4) is 11.4 Å². The van der Waals surface area contributed by atoms with E-state index in [1.165, 1.54) is 5.56 Å². The van der Waals surface area contributed by atoms with E-state index in [1.807, 2.05) is 49.1 Å². The molecule has 4 rings (SSSR count). The highest BCUT2D eigenvalue weighted by Gasteiger charge is 2.25. The topological polar surface area (TPSA) is 75.6 Å². The van der Waals surface area contributed by atoms with E-state index in [-0.39, 0.29) is 5.91 Å². The molecule has 2 aromatic heterocycles. The molecule has 7 heteroatoms. The second-order valence-corrected chi connectivity index (χ2v) is 7.07. The van der Waals surface area contributed by atoms with Crippen LogP contribution in [-0.4, -0.2) is 52.0 Å². The molecule has 1 aromatic carbocycles. The second-order valence-electron chi connectivity index (χ2n) is 7.07. The Balaban J connectivity index is 1.32. The minimum Gasteiger partial charge on any atom is -0.456 e. The molecule has 0 bridgehead atoms. The monoisotopic (exact) mass is 380 g/mol. The maximum Gasteiger partial charge on any atom is 0.289 e. The average Bonchev–Trinajstić information content (AvgIpc) is 3.38. The highest BCUT2D eigenvalue weighted by Crippen LogP contribution is 2.18. The van der Waals surface area contributed by atoms with Gasteiger partial charge in [0, 0.05) is 38.2 Å². The summed E-state index contributed by atoms with van der Waals surface area (Å²) in [6.45, 7) is 7.46. The number of carbonyl (C=O) groups excluding carboxylic acids is 1. The van der Waals surface area contributed by atoms with Crippen LogP contribution in [0.2, 0.25) is 0 Å². The Bertz CT molecular complexity index is 937. The predicted octanol–water partition coefficient (Wildman–Crippen LogP) is 3.16. The molecule has 0 N–H and O–H groups in total. The fourth-order valence-electron chi connectivity index (χ4n) is 3.28. The number of hydrogen-bond donors (Lipinski definition) is 0. The summed E-state index contributed by atoms with van der Waals surface area (Å²) in [4.78, 5) is 21.1. The minimum atomic E-state index is -0.0428. The summed E-state index contributed by atoms with van der Waals surface area (Å²) in [5.41, 5.74) is 2.14. The first kappa shape index (κ1) is 18.4. The number of hydrogen-bond acceptors (Lipinski definition) is 6. The first-order valence-electron chi connectivity index (χ1n) is 9.62.